The number of benzene rings is 7. The molecular formula is C38H25NS. The van der Waals surface area contributed by atoms with Gasteiger partial charge in [-0.1, -0.05) is 109 Å². The van der Waals surface area contributed by atoms with Crippen LogP contribution in [0.15, 0.2) is 152 Å². The first kappa shape index (κ1) is 23.0. The Balaban J connectivity index is 1.45. The van der Waals surface area contributed by atoms with Gasteiger partial charge in [0, 0.05) is 36.8 Å². The monoisotopic (exact) mass is 527 g/mol. The molecule has 1 aromatic heterocycles. The summed E-state index contributed by atoms with van der Waals surface area (Å²) < 4.78 is 2.66. The molecule has 0 N–H and O–H groups in total. The lowest BCUT2D eigenvalue weighted by Gasteiger charge is -2.29. The Morgan fingerprint density at radius 1 is 0.400 bits per heavy atom. The van der Waals surface area contributed by atoms with E-state index < -0.39 is 0 Å². The number of hydrogen-bond donors (Lipinski definition) is 0. The molecule has 8 rings (SSSR count). The van der Waals surface area contributed by atoms with E-state index in [1.54, 1.807) is 0 Å². The highest BCUT2D eigenvalue weighted by Gasteiger charge is 2.20. The van der Waals surface area contributed by atoms with Crippen molar-refractivity contribution in [3.05, 3.63) is 152 Å². The van der Waals surface area contributed by atoms with E-state index in [1.165, 1.54) is 58.5 Å². The molecule has 0 unspecified atom stereocenters. The average molecular weight is 528 g/mol. The van der Waals surface area contributed by atoms with Crippen LogP contribution >= 0.6 is 11.3 Å². The highest BCUT2D eigenvalue weighted by Crippen LogP contribution is 2.45. The quantitative estimate of drug-likeness (QED) is 0.220. The zero-order valence-corrected chi connectivity index (χ0v) is 22.6. The summed E-state index contributed by atoms with van der Waals surface area (Å²) in [5.74, 6) is 0. The van der Waals surface area contributed by atoms with Crippen LogP contribution < -0.4 is 4.90 Å². The molecule has 7 aromatic carbocycles. The van der Waals surface area contributed by atoms with Gasteiger partial charge in [0.2, 0.25) is 0 Å². The second-order valence-corrected chi connectivity index (χ2v) is 11.3. The first-order valence-corrected chi connectivity index (χ1v) is 14.4. The summed E-state index contributed by atoms with van der Waals surface area (Å²) in [5.41, 5.74) is 5.88. The summed E-state index contributed by atoms with van der Waals surface area (Å²) in [6, 6.07) is 55.0. The molecule has 188 valence electrons. The number of para-hydroxylation sites is 1. The second kappa shape index (κ2) is 9.37. The van der Waals surface area contributed by atoms with Crippen molar-refractivity contribution in [2.24, 2.45) is 0 Å². The summed E-state index contributed by atoms with van der Waals surface area (Å²) in [6.07, 6.45) is 0. The minimum Gasteiger partial charge on any atom is -0.309 e. The molecule has 0 atom stereocenters. The van der Waals surface area contributed by atoms with Gasteiger partial charge >= 0.3 is 0 Å². The molecule has 0 radical (unpaired) electrons. The van der Waals surface area contributed by atoms with E-state index in [1.807, 2.05) is 11.3 Å². The highest BCUT2D eigenvalue weighted by atomic mass is 32.1. The van der Waals surface area contributed by atoms with E-state index in [2.05, 4.69) is 157 Å². The van der Waals surface area contributed by atoms with Crippen molar-refractivity contribution >= 4 is 70.1 Å². The maximum atomic E-state index is 2.44. The molecule has 1 heterocycles. The predicted octanol–water partition coefficient (Wildman–Crippen LogP) is 11.5. The van der Waals surface area contributed by atoms with Gasteiger partial charge in [0.15, 0.2) is 0 Å². The fraction of sp³-hybridized carbons (Fsp3) is 0. The van der Waals surface area contributed by atoms with Crippen molar-refractivity contribution in [3.8, 4) is 11.1 Å². The predicted molar refractivity (Wildman–Crippen MR) is 174 cm³/mol. The van der Waals surface area contributed by atoms with E-state index in [4.69, 9.17) is 0 Å². The van der Waals surface area contributed by atoms with Gasteiger partial charge in [-0.25, -0.2) is 0 Å². The van der Waals surface area contributed by atoms with Crippen LogP contribution in [0.3, 0.4) is 0 Å². The van der Waals surface area contributed by atoms with Crippen molar-refractivity contribution in [1.29, 1.82) is 0 Å². The summed E-state index contributed by atoms with van der Waals surface area (Å²) in [4.78, 5) is 2.44. The maximum Gasteiger partial charge on any atom is 0.0540 e. The summed E-state index contributed by atoms with van der Waals surface area (Å²) in [7, 11) is 0. The molecule has 2 heteroatoms. The van der Waals surface area contributed by atoms with Crippen molar-refractivity contribution in [2.75, 3.05) is 4.90 Å². The van der Waals surface area contributed by atoms with Crippen LogP contribution in [-0.4, -0.2) is 0 Å². The Kier molecular flexibility index (Phi) is 5.39. The van der Waals surface area contributed by atoms with Crippen molar-refractivity contribution in [2.45, 2.75) is 0 Å². The first-order valence-electron chi connectivity index (χ1n) is 13.6. The topological polar surface area (TPSA) is 3.24 Å². The third-order valence-corrected chi connectivity index (χ3v) is 8.95. The average Bonchev–Trinajstić information content (AvgIpc) is 3.38. The molecule has 0 saturated carbocycles. The zero-order chi connectivity index (χ0) is 26.5. The fourth-order valence-corrected chi connectivity index (χ4v) is 7.06. The van der Waals surface area contributed by atoms with Gasteiger partial charge in [-0.05, 0) is 64.2 Å². The van der Waals surface area contributed by atoms with Crippen LogP contribution in [0, 0.1) is 0 Å². The maximum absolute atomic E-state index is 2.44. The lowest BCUT2D eigenvalue weighted by atomic mass is 9.99. The van der Waals surface area contributed by atoms with Gasteiger partial charge in [0.1, 0.15) is 0 Å². The summed E-state index contributed by atoms with van der Waals surface area (Å²) in [6.45, 7) is 0. The summed E-state index contributed by atoms with van der Waals surface area (Å²) >= 11 is 1.87. The number of anilines is 3. The minimum absolute atomic E-state index is 1.14. The van der Waals surface area contributed by atoms with Gasteiger partial charge in [-0.15, -0.1) is 11.3 Å². The number of rotatable bonds is 4. The molecule has 0 aliphatic rings. The zero-order valence-electron chi connectivity index (χ0n) is 21.8. The molecule has 40 heavy (non-hydrogen) atoms. The molecule has 0 amide bonds. The Bertz CT molecular complexity index is 2170. The van der Waals surface area contributed by atoms with Crippen LogP contribution in [0.2, 0.25) is 0 Å². The molecule has 8 aromatic rings. The van der Waals surface area contributed by atoms with E-state index >= 15 is 0 Å². The molecule has 0 bridgehead atoms. The van der Waals surface area contributed by atoms with E-state index in [0.29, 0.717) is 0 Å². The molecule has 0 spiro atoms. The number of thiophene rings is 1. The van der Waals surface area contributed by atoms with Crippen LogP contribution in [0.25, 0.3) is 52.8 Å². The van der Waals surface area contributed by atoms with E-state index in [-0.39, 0.29) is 0 Å². The van der Waals surface area contributed by atoms with Crippen molar-refractivity contribution < 1.29 is 0 Å². The van der Waals surface area contributed by atoms with Gasteiger partial charge in [0.25, 0.3) is 0 Å². The highest BCUT2D eigenvalue weighted by molar-refractivity contribution is 7.25. The van der Waals surface area contributed by atoms with Gasteiger partial charge in [-0.2, -0.15) is 0 Å². The largest absolute Gasteiger partial charge is 0.309 e. The Morgan fingerprint density at radius 2 is 1.12 bits per heavy atom. The van der Waals surface area contributed by atoms with Gasteiger partial charge in [-0.3, -0.25) is 0 Å². The Morgan fingerprint density at radius 3 is 2.05 bits per heavy atom. The van der Waals surface area contributed by atoms with Crippen LogP contribution in [-0.2, 0) is 0 Å². The standard InChI is InChI=1S/C38H25NS/c1-2-12-27(13-3-1)31-16-6-8-18-35(31)39(30-22-21-26-11-4-5-14-28(26)23-30)36-19-10-15-29-24-38-34(25-33(29)36)32-17-7-9-20-37(32)40-38/h1-25H. The SMILES string of the molecule is c1ccc(-c2ccccc2N(c2ccc3ccccc3c2)c2cccc3cc4sc5ccccc5c4cc23)cc1. The molecule has 1 nitrogen and oxygen atoms in total. The normalized spacial score (nSPS) is 11.5. The lowest BCUT2D eigenvalue weighted by molar-refractivity contribution is 1.30. The third kappa shape index (κ3) is 3.77. The molecule has 0 saturated heterocycles. The van der Waals surface area contributed by atoms with Gasteiger partial charge in [0.05, 0.1) is 11.4 Å². The number of fused-ring (bicyclic) bond motifs is 5. The van der Waals surface area contributed by atoms with Crippen molar-refractivity contribution in [1.82, 2.24) is 0 Å². The fourth-order valence-electron chi connectivity index (χ4n) is 5.93. The lowest BCUT2D eigenvalue weighted by Crippen LogP contribution is -2.11. The van der Waals surface area contributed by atoms with E-state index in [9.17, 15) is 0 Å². The molecule has 0 fully saturated rings. The molecule has 0 aliphatic heterocycles. The van der Waals surface area contributed by atoms with Gasteiger partial charge < -0.3 is 4.90 Å². The molecule has 0 aliphatic carbocycles. The van der Waals surface area contributed by atoms with Crippen LogP contribution in [0.5, 0.6) is 0 Å². The van der Waals surface area contributed by atoms with Crippen LogP contribution in [0.1, 0.15) is 0 Å². The number of nitrogens with zero attached hydrogens (tertiary/aromatic N) is 1. The molecular weight excluding hydrogens is 502 g/mol. The van der Waals surface area contributed by atoms with Crippen molar-refractivity contribution in [3.63, 3.8) is 0 Å². The Labute approximate surface area is 237 Å². The summed E-state index contributed by atoms with van der Waals surface area (Å²) in [5, 5.41) is 7.60. The second-order valence-electron chi connectivity index (χ2n) is 10.2. The number of hydrogen-bond acceptors (Lipinski definition) is 2. The Hall–Kier alpha value is -4.92. The minimum atomic E-state index is 1.14. The van der Waals surface area contributed by atoms with Crippen LogP contribution in [0.4, 0.5) is 17.1 Å². The smallest absolute Gasteiger partial charge is 0.0540 e. The third-order valence-electron chi connectivity index (χ3n) is 7.82. The first-order chi connectivity index (χ1) is 19.8. The van der Waals surface area contributed by atoms with E-state index in [0.717, 1.165) is 11.4 Å².